The molecule has 1 amide bonds. The molecule has 1 aromatic carbocycles. The third-order valence-corrected chi connectivity index (χ3v) is 6.23. The number of carbonyl (C=O) groups is 1. The zero-order chi connectivity index (χ0) is 21.4. The molecule has 0 aliphatic carbocycles. The Bertz CT molecular complexity index is 910. The van der Waals surface area contributed by atoms with E-state index < -0.39 is 30.0 Å². The predicted molar refractivity (Wildman–Crippen MR) is 120 cm³/mol. The van der Waals surface area contributed by atoms with Gasteiger partial charge in [-0.3, -0.25) is 0 Å². The smallest absolute Gasteiger partial charge is 0.444 e. The highest BCUT2D eigenvalue weighted by Gasteiger charge is 2.52. The van der Waals surface area contributed by atoms with Crippen molar-refractivity contribution >= 4 is 40.7 Å². The summed E-state index contributed by atoms with van der Waals surface area (Å²) in [5.74, 6) is 0. The van der Waals surface area contributed by atoms with Gasteiger partial charge in [0, 0.05) is 11.2 Å². The summed E-state index contributed by atoms with van der Waals surface area (Å²) in [5, 5.41) is 6.13. The summed E-state index contributed by atoms with van der Waals surface area (Å²) in [6, 6.07) is 8.26. The Labute approximate surface area is 177 Å². The van der Waals surface area contributed by atoms with Crippen molar-refractivity contribution in [2.45, 2.75) is 65.3 Å². The maximum atomic E-state index is 12.2. The lowest BCUT2D eigenvalue weighted by atomic mass is 9.77. The lowest BCUT2D eigenvalue weighted by Crippen LogP contribution is -2.41. The first kappa shape index (κ1) is 21.9. The Kier molecular flexibility index (Phi) is 5.87. The molecule has 2 aromatic rings. The lowest BCUT2D eigenvalue weighted by Gasteiger charge is -2.32. The van der Waals surface area contributed by atoms with Gasteiger partial charge in [-0.25, -0.2) is 4.79 Å². The summed E-state index contributed by atoms with van der Waals surface area (Å²) < 4.78 is 19.1. The number of rotatable bonds is 4. The molecule has 1 aliphatic rings. The molecule has 0 atom stereocenters. The van der Waals surface area contributed by atoms with Crippen LogP contribution in [0.15, 0.2) is 35.1 Å². The van der Waals surface area contributed by atoms with Crippen LogP contribution < -0.4 is 5.32 Å². The van der Waals surface area contributed by atoms with Crippen molar-refractivity contribution < 1.29 is 18.8 Å². The third kappa shape index (κ3) is 5.02. The molecule has 1 N–H and O–H groups in total. The fraction of sp³-hybridized carbons (Fsp3) is 0.500. The maximum absolute atomic E-state index is 12.2. The minimum absolute atomic E-state index is 0.274. The van der Waals surface area contributed by atoms with Gasteiger partial charge in [0.15, 0.2) is 0 Å². The fourth-order valence-corrected chi connectivity index (χ4v) is 3.91. The molecule has 0 saturated carbocycles. The van der Waals surface area contributed by atoms with Gasteiger partial charge in [-0.1, -0.05) is 24.3 Å². The lowest BCUT2D eigenvalue weighted by molar-refractivity contribution is 0.00578. The van der Waals surface area contributed by atoms with E-state index in [0.29, 0.717) is 0 Å². The number of ether oxygens (including phenoxy) is 1. The SMILES string of the molecule is CC(C)(C)OC(=O)NCC(=Cc1csc2ccccc12)B1OC(C)(C)C(C)(C)O1. The highest BCUT2D eigenvalue weighted by Crippen LogP contribution is 2.39. The van der Waals surface area contributed by atoms with Gasteiger partial charge in [-0.2, -0.15) is 0 Å². The van der Waals surface area contributed by atoms with Crippen molar-refractivity contribution in [2.24, 2.45) is 0 Å². The van der Waals surface area contributed by atoms with E-state index in [1.165, 1.54) is 10.1 Å². The molecule has 5 nitrogen and oxygen atoms in total. The molecule has 29 heavy (non-hydrogen) atoms. The largest absolute Gasteiger partial charge is 0.492 e. The molecule has 2 heterocycles. The van der Waals surface area contributed by atoms with E-state index in [-0.39, 0.29) is 6.54 Å². The summed E-state index contributed by atoms with van der Waals surface area (Å²) in [4.78, 5) is 12.2. The van der Waals surface area contributed by atoms with E-state index in [2.05, 4.69) is 28.9 Å². The Morgan fingerprint density at radius 2 is 1.79 bits per heavy atom. The summed E-state index contributed by atoms with van der Waals surface area (Å²) in [5.41, 5.74) is 0.458. The molecule has 1 aromatic heterocycles. The average molecular weight is 415 g/mol. The number of amides is 1. The van der Waals surface area contributed by atoms with Crippen LogP contribution in [-0.4, -0.2) is 36.6 Å². The van der Waals surface area contributed by atoms with Crippen LogP contribution in [0.1, 0.15) is 54.0 Å². The Balaban J connectivity index is 1.89. The zero-order valence-corrected chi connectivity index (χ0v) is 19.1. The number of hydrogen-bond donors (Lipinski definition) is 1. The summed E-state index contributed by atoms with van der Waals surface area (Å²) in [6.07, 6.45) is 1.59. The molecule has 1 fully saturated rings. The van der Waals surface area contributed by atoms with Gasteiger partial charge in [-0.05, 0) is 76.3 Å². The second-order valence-electron chi connectivity index (χ2n) is 9.35. The van der Waals surface area contributed by atoms with Crippen molar-refractivity contribution in [3.63, 3.8) is 0 Å². The van der Waals surface area contributed by atoms with Gasteiger partial charge in [0.2, 0.25) is 0 Å². The maximum Gasteiger partial charge on any atom is 0.492 e. The second-order valence-corrected chi connectivity index (χ2v) is 10.3. The number of thiophene rings is 1. The third-order valence-electron chi connectivity index (χ3n) is 5.24. The first-order valence-corrected chi connectivity index (χ1v) is 10.8. The van der Waals surface area contributed by atoms with Crippen LogP contribution >= 0.6 is 11.3 Å². The Morgan fingerprint density at radius 1 is 1.17 bits per heavy atom. The molecule has 7 heteroatoms. The molecule has 0 bridgehead atoms. The van der Waals surface area contributed by atoms with Gasteiger partial charge in [0.25, 0.3) is 0 Å². The van der Waals surface area contributed by atoms with E-state index in [1.807, 2.05) is 60.6 Å². The highest BCUT2D eigenvalue weighted by atomic mass is 32.1. The number of alkyl carbamates (subject to hydrolysis) is 1. The first-order chi connectivity index (χ1) is 13.4. The van der Waals surface area contributed by atoms with E-state index >= 15 is 0 Å². The van der Waals surface area contributed by atoms with E-state index in [0.717, 1.165) is 11.0 Å². The van der Waals surface area contributed by atoms with Crippen LogP contribution in [0.3, 0.4) is 0 Å². The Hall–Kier alpha value is -1.83. The van der Waals surface area contributed by atoms with Gasteiger partial charge < -0.3 is 19.4 Å². The number of hydrogen-bond acceptors (Lipinski definition) is 5. The van der Waals surface area contributed by atoms with Gasteiger partial charge >= 0.3 is 13.2 Å². The Morgan fingerprint density at radius 3 is 2.41 bits per heavy atom. The first-order valence-electron chi connectivity index (χ1n) is 9.87. The quantitative estimate of drug-likeness (QED) is 0.676. The predicted octanol–water partition coefficient (Wildman–Crippen LogP) is 5.44. The van der Waals surface area contributed by atoms with Crippen molar-refractivity contribution in [1.82, 2.24) is 5.32 Å². The monoisotopic (exact) mass is 415 g/mol. The second kappa shape index (κ2) is 7.78. The van der Waals surface area contributed by atoms with Crippen LogP contribution in [0.25, 0.3) is 16.2 Å². The molecule has 3 rings (SSSR count). The topological polar surface area (TPSA) is 56.8 Å². The van der Waals surface area contributed by atoms with Crippen LogP contribution in [0.5, 0.6) is 0 Å². The molecular formula is C22H30BNO4S. The molecule has 156 valence electrons. The van der Waals surface area contributed by atoms with Gasteiger partial charge in [-0.15, -0.1) is 11.3 Å². The normalized spacial score (nSPS) is 18.9. The molecule has 1 saturated heterocycles. The number of nitrogens with one attached hydrogen (secondary N) is 1. The van der Waals surface area contributed by atoms with Crippen LogP contribution in [0.4, 0.5) is 4.79 Å². The van der Waals surface area contributed by atoms with E-state index in [9.17, 15) is 4.79 Å². The van der Waals surface area contributed by atoms with Crippen molar-refractivity contribution in [2.75, 3.05) is 6.54 Å². The van der Waals surface area contributed by atoms with Crippen molar-refractivity contribution in [1.29, 1.82) is 0 Å². The van der Waals surface area contributed by atoms with E-state index in [1.54, 1.807) is 11.3 Å². The molecule has 0 unspecified atom stereocenters. The summed E-state index contributed by atoms with van der Waals surface area (Å²) in [7, 11) is -0.548. The number of fused-ring (bicyclic) bond motifs is 1. The average Bonchev–Trinajstić information content (AvgIpc) is 3.08. The zero-order valence-electron chi connectivity index (χ0n) is 18.3. The fourth-order valence-electron chi connectivity index (χ4n) is 3.00. The standard InChI is InChI=1S/C22H30BNO4S/c1-20(2,3)26-19(25)24-13-16(23-27-21(4,5)22(6,7)28-23)12-15-14-29-18-11-9-8-10-17(15)18/h8-12,14H,13H2,1-7H3,(H,24,25). The van der Waals surface area contributed by atoms with Crippen LogP contribution in [0.2, 0.25) is 0 Å². The number of benzene rings is 1. The molecule has 0 spiro atoms. The molecule has 0 radical (unpaired) electrons. The van der Waals surface area contributed by atoms with Crippen LogP contribution in [-0.2, 0) is 14.0 Å². The van der Waals surface area contributed by atoms with Gasteiger partial charge in [0.1, 0.15) is 5.60 Å². The summed E-state index contributed by atoms with van der Waals surface area (Å²) in [6.45, 7) is 13.9. The van der Waals surface area contributed by atoms with Crippen LogP contribution in [0, 0.1) is 0 Å². The van der Waals surface area contributed by atoms with Crippen molar-refractivity contribution in [3.8, 4) is 0 Å². The molecular weight excluding hydrogens is 385 g/mol. The number of carbonyl (C=O) groups excluding carboxylic acids is 1. The van der Waals surface area contributed by atoms with E-state index in [4.69, 9.17) is 14.0 Å². The highest BCUT2D eigenvalue weighted by molar-refractivity contribution is 7.17. The minimum Gasteiger partial charge on any atom is -0.444 e. The molecule has 1 aliphatic heterocycles. The van der Waals surface area contributed by atoms with Gasteiger partial charge in [0.05, 0.1) is 11.2 Å². The minimum atomic E-state index is -0.554. The summed E-state index contributed by atoms with van der Waals surface area (Å²) >= 11 is 1.69. The van der Waals surface area contributed by atoms with Crippen molar-refractivity contribution in [3.05, 3.63) is 40.7 Å².